The summed E-state index contributed by atoms with van der Waals surface area (Å²) in [6, 6.07) is 10.7. The van der Waals surface area contributed by atoms with E-state index in [0.717, 1.165) is 53.1 Å². The number of fused-ring (bicyclic) bond motifs is 1. The summed E-state index contributed by atoms with van der Waals surface area (Å²) in [6.45, 7) is 2.05. The minimum Gasteiger partial charge on any atom is -0.356 e. The molecule has 1 aromatic carbocycles. The minimum absolute atomic E-state index is 0.0738. The summed E-state index contributed by atoms with van der Waals surface area (Å²) >= 11 is 7.03. The Bertz CT molecular complexity index is 991. The topological polar surface area (TPSA) is 36.4 Å². The first-order chi connectivity index (χ1) is 14.2. The van der Waals surface area contributed by atoms with Crippen molar-refractivity contribution in [3.8, 4) is 0 Å². The van der Waals surface area contributed by atoms with Crippen molar-refractivity contribution in [2.75, 3.05) is 18.0 Å². The molecule has 2 saturated heterocycles. The summed E-state index contributed by atoms with van der Waals surface area (Å²) in [7, 11) is 0. The maximum Gasteiger partial charge on any atom is 0.266 e. The Morgan fingerprint density at radius 2 is 1.83 bits per heavy atom. The van der Waals surface area contributed by atoms with Gasteiger partial charge < -0.3 is 4.90 Å². The van der Waals surface area contributed by atoms with Gasteiger partial charge in [0.05, 0.1) is 10.4 Å². The normalized spacial score (nSPS) is 22.4. The molecule has 0 radical (unpaired) electrons. The molecule has 1 aromatic heterocycles. The molecule has 5 rings (SSSR count). The summed E-state index contributed by atoms with van der Waals surface area (Å²) < 4.78 is 0.710. The molecule has 2 aromatic rings. The molecule has 0 unspecified atom stereocenters. The summed E-state index contributed by atoms with van der Waals surface area (Å²) in [5.74, 6) is 1.07. The average molecular weight is 424 g/mol. The number of hydrogen-bond donors (Lipinski definition) is 0. The molecule has 1 saturated carbocycles. The number of aromatic nitrogens is 1. The van der Waals surface area contributed by atoms with Gasteiger partial charge in [0.25, 0.3) is 5.91 Å². The number of carbonyl (C=O) groups excluding carboxylic acids is 1. The predicted octanol–water partition coefficient (Wildman–Crippen LogP) is 5.37. The number of thiocarbonyl (C=S) groups is 1. The van der Waals surface area contributed by atoms with Gasteiger partial charge in [-0.1, -0.05) is 55.0 Å². The molecule has 3 fully saturated rings. The maximum absolute atomic E-state index is 13.2. The van der Waals surface area contributed by atoms with Crippen molar-refractivity contribution in [1.82, 2.24) is 9.88 Å². The number of nitrogens with zero attached hydrogens (tertiary/aromatic N) is 3. The summed E-state index contributed by atoms with van der Waals surface area (Å²) in [5, 5.41) is 1.10. The van der Waals surface area contributed by atoms with E-state index in [2.05, 4.69) is 23.1 Å². The van der Waals surface area contributed by atoms with Gasteiger partial charge in [0.15, 0.2) is 0 Å². The second kappa shape index (κ2) is 8.07. The first-order valence-electron chi connectivity index (χ1n) is 10.6. The van der Waals surface area contributed by atoms with E-state index in [-0.39, 0.29) is 11.9 Å². The minimum atomic E-state index is 0.0738. The van der Waals surface area contributed by atoms with E-state index in [1.165, 1.54) is 43.9 Å². The molecular weight excluding hydrogens is 398 g/mol. The lowest BCUT2D eigenvalue weighted by Crippen LogP contribution is -2.36. The highest BCUT2D eigenvalue weighted by Gasteiger charge is 2.38. The lowest BCUT2D eigenvalue weighted by atomic mass is 10.1. The van der Waals surface area contributed by atoms with E-state index >= 15 is 0 Å². The van der Waals surface area contributed by atoms with E-state index in [4.69, 9.17) is 17.2 Å². The van der Waals surface area contributed by atoms with E-state index in [0.29, 0.717) is 4.32 Å². The number of pyridine rings is 1. The molecule has 2 aliphatic heterocycles. The molecule has 0 bridgehead atoms. The molecule has 6 heteroatoms. The van der Waals surface area contributed by atoms with Crippen LogP contribution in [0.25, 0.3) is 17.0 Å². The molecule has 0 N–H and O–H groups in total. The largest absolute Gasteiger partial charge is 0.356 e. The van der Waals surface area contributed by atoms with Gasteiger partial charge in [-0.05, 0) is 50.3 Å². The van der Waals surface area contributed by atoms with Crippen LogP contribution in [0.3, 0.4) is 0 Å². The van der Waals surface area contributed by atoms with Gasteiger partial charge in [-0.15, -0.1) is 0 Å². The van der Waals surface area contributed by atoms with Crippen molar-refractivity contribution < 1.29 is 4.79 Å². The fraction of sp³-hybridized carbons (Fsp3) is 0.435. The smallest absolute Gasteiger partial charge is 0.266 e. The van der Waals surface area contributed by atoms with Crippen LogP contribution in [0.5, 0.6) is 0 Å². The van der Waals surface area contributed by atoms with Gasteiger partial charge in [-0.25, -0.2) is 4.98 Å². The van der Waals surface area contributed by atoms with Gasteiger partial charge in [0.2, 0.25) is 0 Å². The molecule has 150 valence electrons. The van der Waals surface area contributed by atoms with Crippen LogP contribution in [0.1, 0.15) is 50.5 Å². The average Bonchev–Trinajstić information content (AvgIpc) is 3.36. The molecule has 3 aliphatic rings. The van der Waals surface area contributed by atoms with Crippen LogP contribution in [0.2, 0.25) is 0 Å². The van der Waals surface area contributed by atoms with Crippen LogP contribution in [0, 0.1) is 0 Å². The van der Waals surface area contributed by atoms with Crippen LogP contribution in [0.4, 0.5) is 5.82 Å². The second-order valence-corrected chi connectivity index (χ2v) is 9.81. The van der Waals surface area contributed by atoms with Crippen molar-refractivity contribution in [2.24, 2.45) is 0 Å². The zero-order valence-corrected chi connectivity index (χ0v) is 18.1. The Morgan fingerprint density at radius 3 is 2.62 bits per heavy atom. The van der Waals surface area contributed by atoms with Crippen molar-refractivity contribution in [2.45, 2.75) is 51.0 Å². The molecular formula is C23H25N3OS2. The van der Waals surface area contributed by atoms with Crippen molar-refractivity contribution in [3.63, 3.8) is 0 Å². The van der Waals surface area contributed by atoms with Crippen LogP contribution in [-0.4, -0.2) is 39.2 Å². The number of piperidine rings is 1. The number of hydrogen-bond acceptors (Lipinski definition) is 5. The summed E-state index contributed by atoms with van der Waals surface area (Å²) in [4.78, 5) is 23.1. The third-order valence-corrected chi connectivity index (χ3v) is 7.52. The van der Waals surface area contributed by atoms with Gasteiger partial charge in [-0.2, -0.15) is 0 Å². The predicted molar refractivity (Wildman–Crippen MR) is 125 cm³/mol. The number of rotatable bonds is 3. The second-order valence-electron chi connectivity index (χ2n) is 8.13. The quantitative estimate of drug-likeness (QED) is 0.490. The van der Waals surface area contributed by atoms with Crippen molar-refractivity contribution in [1.29, 1.82) is 0 Å². The van der Waals surface area contributed by atoms with E-state index in [9.17, 15) is 4.79 Å². The number of carbonyl (C=O) groups is 1. The maximum atomic E-state index is 13.2. The first kappa shape index (κ1) is 19.1. The Kier molecular flexibility index (Phi) is 5.31. The molecule has 29 heavy (non-hydrogen) atoms. The van der Waals surface area contributed by atoms with Gasteiger partial charge >= 0.3 is 0 Å². The molecule has 3 heterocycles. The van der Waals surface area contributed by atoms with E-state index in [1.54, 1.807) is 0 Å². The van der Waals surface area contributed by atoms with Gasteiger partial charge in [-0.3, -0.25) is 9.69 Å². The molecule has 0 spiro atoms. The fourth-order valence-electron chi connectivity index (χ4n) is 4.69. The lowest BCUT2D eigenvalue weighted by molar-refractivity contribution is -0.123. The SMILES string of the molecule is O=C1/C(=C/c2cc3ccccc3nc2N2CCCCC2)SC(=S)N1C1CCCC1. The van der Waals surface area contributed by atoms with Crippen LogP contribution < -0.4 is 4.90 Å². The fourth-order valence-corrected chi connectivity index (χ4v) is 6.08. The van der Waals surface area contributed by atoms with Crippen LogP contribution in [0.15, 0.2) is 35.2 Å². The third-order valence-electron chi connectivity index (χ3n) is 6.19. The summed E-state index contributed by atoms with van der Waals surface area (Å²) in [6.07, 6.45) is 10.2. The number of thioether (sulfide) groups is 1. The van der Waals surface area contributed by atoms with Crippen molar-refractivity contribution in [3.05, 3.63) is 40.8 Å². The van der Waals surface area contributed by atoms with Crippen molar-refractivity contribution >= 4 is 57.0 Å². The van der Waals surface area contributed by atoms with Gasteiger partial charge in [0.1, 0.15) is 10.1 Å². The monoisotopic (exact) mass is 423 g/mol. The first-order valence-corrected chi connectivity index (χ1v) is 11.8. The van der Waals surface area contributed by atoms with Crippen LogP contribution >= 0.6 is 24.0 Å². The third kappa shape index (κ3) is 3.68. The lowest BCUT2D eigenvalue weighted by Gasteiger charge is -2.29. The zero-order valence-electron chi connectivity index (χ0n) is 16.5. The Morgan fingerprint density at radius 1 is 1.07 bits per heavy atom. The standard InChI is InChI=1S/C23H25N3OS2/c27-22-20(29-23(28)26(22)18-9-3-4-10-18)15-17-14-16-8-2-5-11-19(16)24-21(17)25-12-6-1-7-13-25/h2,5,8,11,14-15,18H,1,3-4,6-7,9-10,12-13H2/b20-15-. The Labute approximate surface area is 181 Å². The number of para-hydroxylation sites is 1. The summed E-state index contributed by atoms with van der Waals surface area (Å²) in [5.41, 5.74) is 2.03. The number of amides is 1. The zero-order chi connectivity index (χ0) is 19.8. The Balaban J connectivity index is 1.55. The highest BCUT2D eigenvalue weighted by atomic mass is 32.2. The molecule has 1 aliphatic carbocycles. The number of anilines is 1. The molecule has 0 atom stereocenters. The van der Waals surface area contributed by atoms with E-state index < -0.39 is 0 Å². The highest BCUT2D eigenvalue weighted by Crippen LogP contribution is 2.39. The number of benzene rings is 1. The molecule has 1 amide bonds. The molecule has 4 nitrogen and oxygen atoms in total. The van der Waals surface area contributed by atoms with E-state index in [1.807, 2.05) is 23.1 Å². The van der Waals surface area contributed by atoms with Crippen LogP contribution in [-0.2, 0) is 4.79 Å². The highest BCUT2D eigenvalue weighted by molar-refractivity contribution is 8.26. The van der Waals surface area contributed by atoms with Gasteiger partial charge in [0, 0.05) is 30.1 Å². The Hall–Kier alpha value is -1.92.